The predicted octanol–water partition coefficient (Wildman–Crippen LogP) is 3.54. The summed E-state index contributed by atoms with van der Waals surface area (Å²) >= 11 is 0. The van der Waals surface area contributed by atoms with Gasteiger partial charge >= 0.3 is 0 Å². The molecule has 0 saturated heterocycles. The van der Waals surface area contributed by atoms with Gasteiger partial charge in [-0.15, -0.1) is 0 Å². The second-order valence-corrected chi connectivity index (χ2v) is 6.14. The molecule has 2 aromatic rings. The summed E-state index contributed by atoms with van der Waals surface area (Å²) in [6, 6.07) is 14.5. The second-order valence-electron chi connectivity index (χ2n) is 6.14. The number of aryl methyl sites for hydroxylation is 1. The summed E-state index contributed by atoms with van der Waals surface area (Å²) < 4.78 is 5.24. The van der Waals surface area contributed by atoms with Crippen LogP contribution in [0, 0.1) is 0 Å². The molecule has 0 radical (unpaired) electrons. The van der Waals surface area contributed by atoms with Crippen molar-refractivity contribution in [2.24, 2.45) is 10.7 Å². The molecule has 0 aromatic heterocycles. The van der Waals surface area contributed by atoms with Gasteiger partial charge in [0.2, 0.25) is 0 Å². The number of anilines is 1. The van der Waals surface area contributed by atoms with E-state index in [9.17, 15) is 0 Å². The third kappa shape index (κ3) is 4.07. The van der Waals surface area contributed by atoms with Gasteiger partial charge in [0.25, 0.3) is 0 Å². The Morgan fingerprint density at radius 3 is 2.88 bits per heavy atom. The number of aliphatic imine (C=N–C) groups is 1. The van der Waals surface area contributed by atoms with Crippen molar-refractivity contribution in [3.63, 3.8) is 0 Å². The van der Waals surface area contributed by atoms with Crippen molar-refractivity contribution in [2.75, 3.05) is 19.0 Å². The van der Waals surface area contributed by atoms with Crippen LogP contribution in [-0.4, -0.2) is 19.6 Å². The van der Waals surface area contributed by atoms with Gasteiger partial charge in [0.1, 0.15) is 5.75 Å². The summed E-state index contributed by atoms with van der Waals surface area (Å²) in [5.41, 5.74) is 11.2. The van der Waals surface area contributed by atoms with E-state index in [0.717, 1.165) is 30.7 Å². The molecule has 3 rings (SSSR count). The van der Waals surface area contributed by atoms with Crippen molar-refractivity contribution >= 4 is 11.6 Å². The van der Waals surface area contributed by atoms with Gasteiger partial charge in [-0.1, -0.05) is 24.3 Å². The fourth-order valence-electron chi connectivity index (χ4n) is 3.21. The zero-order chi connectivity index (χ0) is 16.8. The van der Waals surface area contributed by atoms with Crippen LogP contribution in [0.15, 0.2) is 47.5 Å². The molecule has 24 heavy (non-hydrogen) atoms. The third-order valence-corrected chi connectivity index (χ3v) is 4.48. The standard InChI is InChI=1S/C20H25N3O/c1-24-17-9-4-6-15(14-17)12-13-22-20(21)23-19-11-5-8-16-7-2-3-10-18(16)19/h4-6,8-9,11,14H,2-3,7,10,12-13H2,1H3,(H3,21,22,23). The Labute approximate surface area is 143 Å². The van der Waals surface area contributed by atoms with E-state index in [1.807, 2.05) is 18.2 Å². The van der Waals surface area contributed by atoms with Crippen LogP contribution < -0.4 is 15.8 Å². The lowest BCUT2D eigenvalue weighted by Gasteiger charge is -2.19. The Morgan fingerprint density at radius 1 is 1.17 bits per heavy atom. The zero-order valence-electron chi connectivity index (χ0n) is 14.2. The molecule has 1 aliphatic rings. The minimum absolute atomic E-state index is 0.483. The predicted molar refractivity (Wildman–Crippen MR) is 99.9 cm³/mol. The molecular formula is C20H25N3O. The average Bonchev–Trinajstić information content (AvgIpc) is 2.62. The zero-order valence-corrected chi connectivity index (χ0v) is 14.2. The van der Waals surface area contributed by atoms with E-state index in [-0.39, 0.29) is 0 Å². The van der Waals surface area contributed by atoms with E-state index in [4.69, 9.17) is 10.5 Å². The van der Waals surface area contributed by atoms with E-state index < -0.39 is 0 Å². The normalized spacial score (nSPS) is 14.1. The molecule has 0 aliphatic heterocycles. The lowest BCUT2D eigenvalue weighted by molar-refractivity contribution is 0.414. The van der Waals surface area contributed by atoms with E-state index in [0.29, 0.717) is 12.5 Å². The molecule has 1 aliphatic carbocycles. The number of nitrogens with one attached hydrogen (secondary N) is 1. The van der Waals surface area contributed by atoms with Gasteiger partial charge in [-0.3, -0.25) is 4.99 Å². The van der Waals surface area contributed by atoms with Crippen LogP contribution in [0.5, 0.6) is 5.75 Å². The molecule has 0 saturated carbocycles. The number of benzene rings is 2. The highest BCUT2D eigenvalue weighted by Gasteiger charge is 2.12. The summed E-state index contributed by atoms with van der Waals surface area (Å²) in [6.45, 7) is 0.654. The molecule has 0 atom stereocenters. The smallest absolute Gasteiger partial charge is 0.193 e. The van der Waals surface area contributed by atoms with Gasteiger partial charge in [0, 0.05) is 12.2 Å². The maximum absolute atomic E-state index is 6.07. The van der Waals surface area contributed by atoms with Gasteiger partial charge in [-0.25, -0.2) is 0 Å². The highest BCUT2D eigenvalue weighted by molar-refractivity contribution is 5.93. The number of nitrogens with zero attached hydrogens (tertiary/aromatic N) is 1. The molecule has 4 heteroatoms. The van der Waals surface area contributed by atoms with Crippen molar-refractivity contribution in [1.29, 1.82) is 0 Å². The fraction of sp³-hybridized carbons (Fsp3) is 0.350. The first-order chi connectivity index (χ1) is 11.8. The van der Waals surface area contributed by atoms with E-state index in [2.05, 4.69) is 34.6 Å². The van der Waals surface area contributed by atoms with Crippen LogP contribution in [0.4, 0.5) is 5.69 Å². The maximum atomic E-state index is 6.07. The molecule has 2 aromatic carbocycles. The molecule has 4 nitrogen and oxygen atoms in total. The monoisotopic (exact) mass is 323 g/mol. The number of hydrogen-bond donors (Lipinski definition) is 2. The molecule has 0 unspecified atom stereocenters. The summed E-state index contributed by atoms with van der Waals surface area (Å²) in [5.74, 6) is 1.36. The molecule has 0 fully saturated rings. The number of ether oxygens (including phenoxy) is 1. The topological polar surface area (TPSA) is 59.6 Å². The molecule has 126 valence electrons. The number of fused-ring (bicyclic) bond motifs is 1. The largest absolute Gasteiger partial charge is 0.497 e. The fourth-order valence-corrected chi connectivity index (χ4v) is 3.21. The van der Waals surface area contributed by atoms with Gasteiger partial charge < -0.3 is 15.8 Å². The first kappa shape index (κ1) is 16.4. The molecule has 0 heterocycles. The first-order valence-corrected chi connectivity index (χ1v) is 8.57. The molecule has 0 bridgehead atoms. The lowest BCUT2D eigenvalue weighted by atomic mass is 9.90. The summed E-state index contributed by atoms with van der Waals surface area (Å²) in [6.07, 6.45) is 5.65. The molecule has 0 spiro atoms. The van der Waals surface area contributed by atoms with Crippen LogP contribution in [-0.2, 0) is 19.3 Å². The van der Waals surface area contributed by atoms with Crippen molar-refractivity contribution in [1.82, 2.24) is 0 Å². The van der Waals surface area contributed by atoms with Gasteiger partial charge in [-0.05, 0) is 67.0 Å². The highest BCUT2D eigenvalue weighted by atomic mass is 16.5. The Kier molecular flexibility index (Phi) is 5.36. The van der Waals surface area contributed by atoms with Crippen molar-refractivity contribution < 1.29 is 4.74 Å². The van der Waals surface area contributed by atoms with Crippen LogP contribution in [0.2, 0.25) is 0 Å². The Bertz CT molecular complexity index is 725. The van der Waals surface area contributed by atoms with Crippen molar-refractivity contribution in [3.8, 4) is 5.75 Å². The van der Waals surface area contributed by atoms with E-state index in [1.165, 1.54) is 29.5 Å². The van der Waals surface area contributed by atoms with Gasteiger partial charge in [-0.2, -0.15) is 0 Å². The minimum atomic E-state index is 0.483. The lowest BCUT2D eigenvalue weighted by Crippen LogP contribution is -2.24. The van der Waals surface area contributed by atoms with Gasteiger partial charge in [0.15, 0.2) is 5.96 Å². The second kappa shape index (κ2) is 7.86. The van der Waals surface area contributed by atoms with E-state index in [1.54, 1.807) is 7.11 Å². The average molecular weight is 323 g/mol. The number of nitrogens with two attached hydrogens (primary N) is 1. The maximum Gasteiger partial charge on any atom is 0.193 e. The Balaban J connectivity index is 1.60. The van der Waals surface area contributed by atoms with Crippen LogP contribution in [0.3, 0.4) is 0 Å². The summed E-state index contributed by atoms with van der Waals surface area (Å²) in [7, 11) is 1.68. The minimum Gasteiger partial charge on any atom is -0.497 e. The highest BCUT2D eigenvalue weighted by Crippen LogP contribution is 2.27. The third-order valence-electron chi connectivity index (χ3n) is 4.48. The Morgan fingerprint density at radius 2 is 2.00 bits per heavy atom. The van der Waals surface area contributed by atoms with Crippen LogP contribution in [0.1, 0.15) is 29.5 Å². The van der Waals surface area contributed by atoms with E-state index >= 15 is 0 Å². The van der Waals surface area contributed by atoms with Crippen molar-refractivity contribution in [3.05, 3.63) is 59.2 Å². The Hall–Kier alpha value is -2.49. The van der Waals surface area contributed by atoms with Crippen LogP contribution >= 0.6 is 0 Å². The number of methoxy groups -OCH3 is 1. The number of guanidine groups is 1. The van der Waals surface area contributed by atoms with Gasteiger partial charge in [0.05, 0.1) is 7.11 Å². The summed E-state index contributed by atoms with van der Waals surface area (Å²) in [5, 5.41) is 3.28. The quantitative estimate of drug-likeness (QED) is 0.653. The number of rotatable bonds is 5. The molecule has 0 amide bonds. The summed E-state index contributed by atoms with van der Waals surface area (Å²) in [4.78, 5) is 4.46. The SMILES string of the molecule is COc1cccc(CCN=C(N)Nc2cccc3c2CCCC3)c1. The molecule has 3 N–H and O–H groups in total. The van der Waals surface area contributed by atoms with Crippen molar-refractivity contribution in [2.45, 2.75) is 32.1 Å². The van der Waals surface area contributed by atoms with Crippen LogP contribution in [0.25, 0.3) is 0 Å². The first-order valence-electron chi connectivity index (χ1n) is 8.57. The number of hydrogen-bond acceptors (Lipinski definition) is 2. The molecular weight excluding hydrogens is 298 g/mol.